The van der Waals surface area contributed by atoms with Crippen molar-refractivity contribution in [2.45, 2.75) is 39.2 Å². The van der Waals surface area contributed by atoms with Crippen LogP contribution in [-0.4, -0.2) is 75.2 Å². The van der Waals surface area contributed by atoms with Gasteiger partial charge in [-0.1, -0.05) is 43.3 Å². The summed E-state index contributed by atoms with van der Waals surface area (Å²) < 4.78 is 13.7. The summed E-state index contributed by atoms with van der Waals surface area (Å²) in [6.45, 7) is 11.8. The zero-order valence-corrected chi connectivity index (χ0v) is 22.2. The van der Waals surface area contributed by atoms with E-state index in [4.69, 9.17) is 9.26 Å². The average Bonchev–Trinajstić information content (AvgIpc) is 3.62. The summed E-state index contributed by atoms with van der Waals surface area (Å²) in [5, 5.41) is 14.7. The van der Waals surface area contributed by atoms with Crippen LogP contribution in [0.15, 0.2) is 35.1 Å². The third-order valence-electron chi connectivity index (χ3n) is 6.07. The monoisotopic (exact) mass is 524 g/mol. The summed E-state index contributed by atoms with van der Waals surface area (Å²) in [6.07, 6.45) is 4.45. The second-order valence-corrected chi connectivity index (χ2v) is 11.1. The summed E-state index contributed by atoms with van der Waals surface area (Å²) in [5.41, 5.74) is 2.76. The first-order chi connectivity index (χ1) is 17.8. The smallest absolute Gasteiger partial charge is 0.321 e. The van der Waals surface area contributed by atoms with Crippen LogP contribution in [-0.2, 0) is 23.1 Å². The SMILES string of the molecule is CC(C)(C)c1nc(CCNC(=O)Nc2nc3ccc(-c4cnn(CCN5CCOCC5)c4)cc3s2)no1. The Labute approximate surface area is 219 Å². The number of rotatable bonds is 8. The Hall–Kier alpha value is -3.35. The first kappa shape index (κ1) is 25.3. The molecule has 2 N–H and O–H groups in total. The highest BCUT2D eigenvalue weighted by molar-refractivity contribution is 7.22. The van der Waals surface area contributed by atoms with E-state index < -0.39 is 0 Å². The van der Waals surface area contributed by atoms with Crippen molar-refractivity contribution in [3.05, 3.63) is 42.3 Å². The van der Waals surface area contributed by atoms with Crippen LogP contribution in [0.3, 0.4) is 0 Å². The van der Waals surface area contributed by atoms with Gasteiger partial charge in [0.2, 0.25) is 5.89 Å². The van der Waals surface area contributed by atoms with Gasteiger partial charge in [-0.25, -0.2) is 9.78 Å². The molecule has 11 nitrogen and oxygen atoms in total. The molecule has 0 radical (unpaired) electrons. The van der Waals surface area contributed by atoms with E-state index in [0.717, 1.165) is 60.7 Å². The molecule has 4 aromatic rings. The highest BCUT2D eigenvalue weighted by atomic mass is 32.1. The van der Waals surface area contributed by atoms with Crippen LogP contribution in [0.4, 0.5) is 9.93 Å². The molecule has 1 aliphatic rings. The molecule has 1 saturated heterocycles. The number of hydrogen-bond donors (Lipinski definition) is 2. The predicted octanol–water partition coefficient (Wildman–Crippen LogP) is 3.54. The van der Waals surface area contributed by atoms with Crippen LogP contribution in [0.2, 0.25) is 0 Å². The zero-order valence-electron chi connectivity index (χ0n) is 21.4. The van der Waals surface area contributed by atoms with Gasteiger partial charge in [0.25, 0.3) is 0 Å². The van der Waals surface area contributed by atoms with E-state index in [0.29, 0.717) is 29.8 Å². The summed E-state index contributed by atoms with van der Waals surface area (Å²) in [5.74, 6) is 1.16. The van der Waals surface area contributed by atoms with Gasteiger partial charge in [-0.3, -0.25) is 14.9 Å². The van der Waals surface area contributed by atoms with Crippen molar-refractivity contribution in [3.8, 4) is 11.1 Å². The first-order valence-electron chi connectivity index (χ1n) is 12.4. The summed E-state index contributed by atoms with van der Waals surface area (Å²) >= 11 is 1.44. The summed E-state index contributed by atoms with van der Waals surface area (Å²) in [4.78, 5) is 23.7. The molecule has 0 unspecified atom stereocenters. The molecule has 0 saturated carbocycles. The molecule has 2 amide bonds. The van der Waals surface area contributed by atoms with E-state index in [2.05, 4.69) is 48.0 Å². The highest BCUT2D eigenvalue weighted by Crippen LogP contribution is 2.30. The number of thiazole rings is 1. The van der Waals surface area contributed by atoms with Gasteiger partial charge in [0.15, 0.2) is 11.0 Å². The molecule has 0 aliphatic carbocycles. The van der Waals surface area contributed by atoms with Gasteiger partial charge in [0, 0.05) is 49.8 Å². The standard InChI is InChI=1S/C25H32N8O3S/c1-25(2,3)22-29-21(31-36-22)6-7-26-23(34)30-24-28-19-5-4-17(14-20(19)37-24)18-15-27-33(16-18)9-8-32-10-12-35-13-11-32/h4-5,14-16H,6-13H2,1-3H3,(H2,26,28,30,34). The molecule has 1 aromatic carbocycles. The quantitative estimate of drug-likeness (QED) is 0.359. The van der Waals surface area contributed by atoms with Crippen molar-refractivity contribution in [3.63, 3.8) is 0 Å². The van der Waals surface area contributed by atoms with Gasteiger partial charge in [0.05, 0.1) is 36.2 Å². The number of ether oxygens (including phenoxy) is 1. The minimum Gasteiger partial charge on any atom is -0.379 e. The molecule has 12 heteroatoms. The minimum absolute atomic E-state index is 0.202. The number of morpholine rings is 1. The number of carbonyl (C=O) groups excluding carboxylic acids is 1. The average molecular weight is 525 g/mol. The molecule has 1 fully saturated rings. The van der Waals surface area contributed by atoms with Crippen molar-refractivity contribution in [1.82, 2.24) is 35.1 Å². The van der Waals surface area contributed by atoms with Crippen molar-refractivity contribution in [1.29, 1.82) is 0 Å². The second-order valence-electron chi connectivity index (χ2n) is 10.0. The lowest BCUT2D eigenvalue weighted by atomic mass is 9.97. The van der Waals surface area contributed by atoms with Crippen molar-refractivity contribution in [2.24, 2.45) is 0 Å². The number of benzene rings is 1. The van der Waals surface area contributed by atoms with Crippen LogP contribution in [0.5, 0.6) is 0 Å². The maximum absolute atomic E-state index is 12.4. The van der Waals surface area contributed by atoms with Crippen molar-refractivity contribution < 1.29 is 14.1 Å². The normalized spacial score (nSPS) is 14.8. The summed E-state index contributed by atoms with van der Waals surface area (Å²) in [7, 11) is 0. The van der Waals surface area contributed by atoms with E-state index in [1.54, 1.807) is 0 Å². The number of nitrogens with zero attached hydrogens (tertiary/aromatic N) is 6. The van der Waals surface area contributed by atoms with E-state index in [1.165, 1.54) is 11.3 Å². The maximum Gasteiger partial charge on any atom is 0.321 e. The zero-order chi connectivity index (χ0) is 25.8. The number of aromatic nitrogens is 5. The van der Waals surface area contributed by atoms with Gasteiger partial charge in [-0.2, -0.15) is 10.1 Å². The predicted molar refractivity (Wildman–Crippen MR) is 142 cm³/mol. The molecule has 4 heterocycles. The molecule has 0 spiro atoms. The van der Waals surface area contributed by atoms with Crippen molar-refractivity contribution >= 4 is 32.7 Å². The van der Waals surface area contributed by atoms with Crippen LogP contribution in [0.25, 0.3) is 21.3 Å². The van der Waals surface area contributed by atoms with Gasteiger partial charge in [-0.05, 0) is 17.7 Å². The van der Waals surface area contributed by atoms with E-state index in [1.807, 2.05) is 43.8 Å². The fourth-order valence-electron chi connectivity index (χ4n) is 3.95. The molecule has 3 aromatic heterocycles. The first-order valence-corrected chi connectivity index (χ1v) is 13.3. The Morgan fingerprint density at radius 1 is 1.14 bits per heavy atom. The third kappa shape index (κ3) is 6.51. The molecule has 37 heavy (non-hydrogen) atoms. The van der Waals surface area contributed by atoms with Crippen molar-refractivity contribution in [2.75, 3.05) is 44.7 Å². The lowest BCUT2D eigenvalue weighted by Gasteiger charge is -2.26. The Bertz CT molecular complexity index is 1350. The Morgan fingerprint density at radius 3 is 2.76 bits per heavy atom. The molecule has 0 atom stereocenters. The molecule has 5 rings (SSSR count). The van der Waals surface area contributed by atoms with Gasteiger partial charge in [-0.15, -0.1) is 0 Å². The van der Waals surface area contributed by atoms with Crippen LogP contribution >= 0.6 is 11.3 Å². The number of urea groups is 1. The molecular weight excluding hydrogens is 492 g/mol. The van der Waals surface area contributed by atoms with Crippen LogP contribution in [0.1, 0.15) is 32.5 Å². The highest BCUT2D eigenvalue weighted by Gasteiger charge is 2.21. The molecular formula is C25H32N8O3S. The van der Waals surface area contributed by atoms with Gasteiger partial charge in [0.1, 0.15) is 0 Å². The summed E-state index contributed by atoms with van der Waals surface area (Å²) in [6, 6.07) is 5.77. The van der Waals surface area contributed by atoms with Crippen LogP contribution in [0, 0.1) is 0 Å². The Balaban J connectivity index is 1.14. The van der Waals surface area contributed by atoms with Gasteiger partial charge >= 0.3 is 6.03 Å². The fraction of sp³-hybridized carbons (Fsp3) is 0.480. The fourth-order valence-corrected chi connectivity index (χ4v) is 4.85. The number of nitrogens with one attached hydrogen (secondary N) is 2. The van der Waals surface area contributed by atoms with E-state index >= 15 is 0 Å². The van der Waals surface area contributed by atoms with E-state index in [-0.39, 0.29) is 11.4 Å². The second kappa shape index (κ2) is 11.0. The molecule has 1 aliphatic heterocycles. The Morgan fingerprint density at radius 2 is 1.97 bits per heavy atom. The minimum atomic E-state index is -0.319. The number of amides is 2. The molecule has 196 valence electrons. The number of hydrogen-bond acceptors (Lipinski definition) is 9. The number of carbonyl (C=O) groups is 1. The Kier molecular flexibility index (Phi) is 7.49. The maximum atomic E-state index is 12.4. The largest absolute Gasteiger partial charge is 0.379 e. The lowest BCUT2D eigenvalue weighted by Crippen LogP contribution is -2.38. The van der Waals surface area contributed by atoms with E-state index in [9.17, 15) is 4.79 Å². The third-order valence-corrected chi connectivity index (χ3v) is 7.00. The van der Waals surface area contributed by atoms with Crippen LogP contribution < -0.4 is 10.6 Å². The topological polar surface area (TPSA) is 123 Å². The molecule has 0 bridgehead atoms. The lowest BCUT2D eigenvalue weighted by molar-refractivity contribution is 0.0360. The van der Waals surface area contributed by atoms with Gasteiger partial charge < -0.3 is 14.6 Å². The number of anilines is 1. The number of fused-ring (bicyclic) bond motifs is 1.